The van der Waals surface area contributed by atoms with Crippen LogP contribution in [0.3, 0.4) is 0 Å². The molecule has 1 aromatic carbocycles. The van der Waals surface area contributed by atoms with Crippen LogP contribution < -0.4 is 29.6 Å². The Labute approximate surface area is 124 Å². The van der Waals surface area contributed by atoms with Crippen LogP contribution in [0.25, 0.3) is 0 Å². The summed E-state index contributed by atoms with van der Waals surface area (Å²) >= 11 is 0.457. The Morgan fingerprint density at radius 1 is 1.29 bits per heavy atom. The van der Waals surface area contributed by atoms with Crippen LogP contribution >= 0.6 is 12.0 Å². The molecule has 0 saturated heterocycles. The third kappa shape index (κ3) is 6.99. The second-order valence-corrected chi connectivity index (χ2v) is 4.55. The Balaban J connectivity index is 0.00000256. The van der Waals surface area contributed by atoms with Gasteiger partial charge >= 0.3 is 29.6 Å². The molecule has 1 aromatic rings. The van der Waals surface area contributed by atoms with E-state index in [-0.39, 0.29) is 41.0 Å². The Morgan fingerprint density at radius 2 is 1.82 bits per heavy atom. The molecule has 0 unspecified atom stereocenters. The van der Waals surface area contributed by atoms with Gasteiger partial charge in [0.2, 0.25) is 10.4 Å². The van der Waals surface area contributed by atoms with E-state index in [1.54, 1.807) is 0 Å². The van der Waals surface area contributed by atoms with Gasteiger partial charge in [-0.15, -0.1) is 0 Å². The van der Waals surface area contributed by atoms with Gasteiger partial charge in [0, 0.05) is 29.9 Å². The van der Waals surface area contributed by atoms with E-state index >= 15 is 0 Å². The molecule has 0 atom stereocenters. The first-order valence-corrected chi connectivity index (χ1v) is 6.13. The summed E-state index contributed by atoms with van der Waals surface area (Å²) in [5.74, 6) is 0.111. The molecule has 0 aliphatic rings. The van der Waals surface area contributed by atoms with Gasteiger partial charge in [0.15, 0.2) is 0 Å². The number of rotatable bonds is 5. The first-order valence-electron chi connectivity index (χ1n) is 3.89. The molecular weight excluding hydrogens is 281 g/mol. The summed E-state index contributed by atoms with van der Waals surface area (Å²) in [5.41, 5.74) is 0.547. The summed E-state index contributed by atoms with van der Waals surface area (Å²) in [4.78, 5) is 9.77. The Bertz CT molecular complexity index is 474. The van der Waals surface area contributed by atoms with E-state index in [1.165, 1.54) is 24.3 Å². The summed E-state index contributed by atoms with van der Waals surface area (Å²) in [6.07, 6.45) is 0. The fourth-order valence-corrected chi connectivity index (χ4v) is 1.86. The van der Waals surface area contributed by atoms with E-state index in [4.69, 9.17) is 0 Å². The van der Waals surface area contributed by atoms with Gasteiger partial charge in [0.1, 0.15) is 0 Å². The fourth-order valence-electron chi connectivity index (χ4n) is 0.865. The fraction of sp³-hybridized carbons (Fsp3) is 0.143. The summed E-state index contributed by atoms with van der Waals surface area (Å²) in [7, 11) is -4.71. The first kappa shape index (κ1) is 16.8. The van der Waals surface area contributed by atoms with Crippen LogP contribution in [-0.4, -0.2) is 17.9 Å². The molecule has 0 heterocycles. The molecule has 0 radical (unpaired) electrons. The molecule has 0 aliphatic carbocycles. The molecule has 0 spiro atoms. The topological polar surface area (TPSA) is 110 Å². The van der Waals surface area contributed by atoms with Crippen LogP contribution in [0.4, 0.5) is 5.69 Å². The monoisotopic (exact) mass is 287 g/mol. The smallest absolute Gasteiger partial charge is 0.725 e. The van der Waals surface area contributed by atoms with Gasteiger partial charge in [-0.25, -0.2) is 12.0 Å². The van der Waals surface area contributed by atoms with Crippen LogP contribution in [0, 0.1) is 10.1 Å². The van der Waals surface area contributed by atoms with Gasteiger partial charge in [0.05, 0.1) is 4.92 Å². The zero-order valence-electron chi connectivity index (χ0n) is 8.73. The van der Waals surface area contributed by atoms with Crippen molar-refractivity contribution < 1.29 is 51.1 Å². The van der Waals surface area contributed by atoms with E-state index in [0.717, 1.165) is 0 Å². The van der Waals surface area contributed by atoms with Gasteiger partial charge in [-0.1, -0.05) is 12.1 Å². The minimum absolute atomic E-state index is 0. The molecule has 7 nitrogen and oxygen atoms in total. The molecular formula is C7H6NNaO6S2. The number of nitrogens with zero attached hydrogens (tertiary/aromatic N) is 1. The first-order chi connectivity index (χ1) is 7.38. The molecule has 0 aliphatic heterocycles. The molecule has 0 aromatic heterocycles. The third-order valence-electron chi connectivity index (χ3n) is 1.50. The molecule has 10 heteroatoms. The number of nitro groups is 1. The van der Waals surface area contributed by atoms with Crippen molar-refractivity contribution in [1.82, 2.24) is 0 Å². The summed E-state index contributed by atoms with van der Waals surface area (Å²) in [5, 5.41) is 10.3. The molecule has 17 heavy (non-hydrogen) atoms. The zero-order chi connectivity index (χ0) is 12.2. The Kier molecular flexibility index (Phi) is 7.24. The van der Waals surface area contributed by atoms with Crippen molar-refractivity contribution in [2.24, 2.45) is 0 Å². The predicted molar refractivity (Wildman–Crippen MR) is 55.2 cm³/mol. The average Bonchev–Trinajstić information content (AvgIpc) is 2.16. The largest absolute Gasteiger partial charge is 1.00 e. The summed E-state index contributed by atoms with van der Waals surface area (Å²) < 4.78 is 34.1. The maximum absolute atomic E-state index is 10.3. The van der Waals surface area contributed by atoms with Crippen molar-refractivity contribution in [2.45, 2.75) is 5.75 Å². The van der Waals surface area contributed by atoms with Crippen LogP contribution in [0.1, 0.15) is 5.56 Å². The number of non-ortho nitro benzene ring substituents is 1. The number of nitro benzene ring substituents is 1. The van der Waals surface area contributed by atoms with Crippen LogP contribution in [0.5, 0.6) is 0 Å². The quantitative estimate of drug-likeness (QED) is 0.157. The SMILES string of the molecule is O=[N+]([O-])c1ccc(CSOS(=O)(=O)[O-])cc1.[Na+]. The predicted octanol–water partition coefficient (Wildman–Crippen LogP) is -1.78. The molecule has 0 N–H and O–H groups in total. The van der Waals surface area contributed by atoms with Crippen LogP contribution in [-0.2, 0) is 19.8 Å². The van der Waals surface area contributed by atoms with Gasteiger partial charge in [0.25, 0.3) is 5.69 Å². The second-order valence-electron chi connectivity index (χ2n) is 2.66. The van der Waals surface area contributed by atoms with Crippen molar-refractivity contribution in [3.05, 3.63) is 39.9 Å². The van der Waals surface area contributed by atoms with Gasteiger partial charge in [-0.3, -0.25) is 10.1 Å². The molecule has 0 saturated carbocycles. The van der Waals surface area contributed by atoms with Crippen molar-refractivity contribution in [3.8, 4) is 0 Å². The summed E-state index contributed by atoms with van der Waals surface area (Å²) in [6, 6.07) is 5.46. The van der Waals surface area contributed by atoms with E-state index in [9.17, 15) is 23.1 Å². The Hall–Kier alpha value is -0.160. The van der Waals surface area contributed by atoms with Crippen LogP contribution in [0.15, 0.2) is 24.3 Å². The third-order valence-corrected chi connectivity index (χ3v) is 3.01. The van der Waals surface area contributed by atoms with Gasteiger partial charge < -0.3 is 4.55 Å². The maximum atomic E-state index is 10.3. The van der Waals surface area contributed by atoms with Crippen molar-refractivity contribution in [1.29, 1.82) is 0 Å². The zero-order valence-corrected chi connectivity index (χ0v) is 12.4. The normalized spacial score (nSPS) is 10.6. The standard InChI is InChI=1S/C7H7NO6S2.Na/c9-8(10)7-3-1-6(2-4-7)5-15-14-16(11,12)13;/h1-4H,5H2,(H,11,12,13);/q;+1/p-1. The van der Waals surface area contributed by atoms with E-state index in [2.05, 4.69) is 3.63 Å². The van der Waals surface area contributed by atoms with Crippen LogP contribution in [0.2, 0.25) is 0 Å². The molecule has 88 valence electrons. The van der Waals surface area contributed by atoms with Crippen molar-refractivity contribution in [3.63, 3.8) is 0 Å². The average molecular weight is 287 g/mol. The second kappa shape index (κ2) is 7.31. The van der Waals surface area contributed by atoms with E-state index < -0.39 is 15.3 Å². The minimum atomic E-state index is -4.71. The van der Waals surface area contributed by atoms with Gasteiger partial charge in [-0.05, 0) is 5.56 Å². The minimum Gasteiger partial charge on any atom is -0.725 e. The van der Waals surface area contributed by atoms with Crippen molar-refractivity contribution >= 4 is 28.1 Å². The maximum Gasteiger partial charge on any atom is 1.00 e. The van der Waals surface area contributed by atoms with Crippen molar-refractivity contribution in [2.75, 3.05) is 0 Å². The molecule has 0 fully saturated rings. The van der Waals surface area contributed by atoms with E-state index in [0.29, 0.717) is 17.6 Å². The molecule has 0 amide bonds. The molecule has 1 rings (SSSR count). The molecule has 0 bridgehead atoms. The van der Waals surface area contributed by atoms with Gasteiger partial charge in [-0.2, -0.15) is 0 Å². The number of hydrogen-bond acceptors (Lipinski definition) is 7. The number of benzene rings is 1. The summed E-state index contributed by atoms with van der Waals surface area (Å²) in [6.45, 7) is 0. The number of hydrogen-bond donors (Lipinski definition) is 0. The van der Waals surface area contributed by atoms with E-state index in [1.807, 2.05) is 0 Å². The Morgan fingerprint density at radius 3 is 2.24 bits per heavy atom.